The van der Waals surface area contributed by atoms with Crippen molar-refractivity contribution < 1.29 is 31.4 Å². The third-order valence-electron chi connectivity index (χ3n) is 3.19. The van der Waals surface area contributed by atoms with E-state index in [1.165, 1.54) is 27.8 Å². The van der Waals surface area contributed by atoms with Crippen LogP contribution in [0.3, 0.4) is 0 Å². The molecule has 1 heterocycles. The molecule has 0 aliphatic heterocycles. The van der Waals surface area contributed by atoms with Crippen LogP contribution >= 0.6 is 0 Å². The summed E-state index contributed by atoms with van der Waals surface area (Å²) < 4.78 is 36.8. The number of benzene rings is 2. The Morgan fingerprint density at radius 3 is 2.18 bits per heavy atom. The monoisotopic (exact) mass is 411 g/mol. The molecular weight excluding hydrogens is 401 g/mol. The second kappa shape index (κ2) is 8.28. The molecule has 0 saturated heterocycles. The molecule has 0 amide bonds. The predicted molar refractivity (Wildman–Crippen MR) is 89.2 cm³/mol. The van der Waals surface area contributed by atoms with Crippen molar-refractivity contribution in [1.29, 1.82) is 0 Å². The summed E-state index contributed by atoms with van der Waals surface area (Å²) >= 11 is 0. The molecule has 0 radical (unpaired) electrons. The van der Waals surface area contributed by atoms with E-state index in [0.29, 0.717) is 5.69 Å². The number of nitro groups is 2. The summed E-state index contributed by atoms with van der Waals surface area (Å²) in [5.41, 5.74) is 0.167. The molecule has 146 valence electrons. The van der Waals surface area contributed by atoms with Crippen molar-refractivity contribution >= 4 is 21.9 Å². The van der Waals surface area contributed by atoms with Gasteiger partial charge in [-0.05, 0) is 16.9 Å². The summed E-state index contributed by atoms with van der Waals surface area (Å²) in [6.07, 6.45) is 3.03. The maximum atomic E-state index is 11.3. The van der Waals surface area contributed by atoms with Gasteiger partial charge in [-0.25, -0.2) is 8.42 Å². The van der Waals surface area contributed by atoms with Crippen molar-refractivity contribution in [2.75, 3.05) is 0 Å². The number of rotatable bonds is 4. The summed E-state index contributed by atoms with van der Waals surface area (Å²) in [6.45, 7) is 0. The molecule has 0 bridgehead atoms. The van der Waals surface area contributed by atoms with Gasteiger partial charge in [-0.1, -0.05) is 18.2 Å². The Bertz CT molecular complexity index is 1110. The van der Waals surface area contributed by atoms with Crippen LogP contribution < -0.4 is 4.68 Å². The van der Waals surface area contributed by atoms with Gasteiger partial charge >= 0.3 is 5.69 Å². The Kier molecular flexibility index (Phi) is 6.07. The van der Waals surface area contributed by atoms with Gasteiger partial charge in [0.25, 0.3) is 16.2 Å². The van der Waals surface area contributed by atoms with Crippen molar-refractivity contribution in [2.24, 2.45) is 0 Å². The molecule has 14 heteroatoms. The number of aromatic nitrogens is 3. The van der Waals surface area contributed by atoms with Crippen molar-refractivity contribution in [3.8, 4) is 11.4 Å². The molecule has 0 aliphatic carbocycles. The largest absolute Gasteiger partial charge is 0.722 e. The van der Waals surface area contributed by atoms with Crippen LogP contribution in [0, 0.1) is 20.2 Å². The van der Waals surface area contributed by atoms with Gasteiger partial charge < -0.3 is 4.55 Å². The standard InChI is InChI=1S/C14H10N5O4.FHO3S/c20-18(21)12-6-7-13(14(10-12)19(22)23)16-9-8-15-17(16)11-4-2-1-3-5-11;1-5(2,3)4/h1-10H;(H,2,3,4)/q+1;/p-1. The minimum Gasteiger partial charge on any atom is -0.722 e. The van der Waals surface area contributed by atoms with Gasteiger partial charge in [0.15, 0.2) is 6.20 Å². The number of hydrogen-bond donors (Lipinski definition) is 0. The van der Waals surface area contributed by atoms with Crippen LogP contribution in [-0.4, -0.2) is 32.7 Å². The van der Waals surface area contributed by atoms with Crippen LogP contribution in [0.15, 0.2) is 60.9 Å². The number of hydrogen-bond acceptors (Lipinski definition) is 8. The van der Waals surface area contributed by atoms with E-state index in [2.05, 4.69) is 5.10 Å². The Hall–Kier alpha value is -3.78. The lowest BCUT2D eigenvalue weighted by atomic mass is 10.2. The van der Waals surface area contributed by atoms with E-state index in [1.54, 1.807) is 18.3 Å². The molecule has 28 heavy (non-hydrogen) atoms. The van der Waals surface area contributed by atoms with Crippen LogP contribution in [0.5, 0.6) is 0 Å². The molecule has 0 aliphatic rings. The van der Waals surface area contributed by atoms with Crippen LogP contribution in [0.4, 0.5) is 15.3 Å². The Morgan fingerprint density at radius 1 is 1.04 bits per heavy atom. The van der Waals surface area contributed by atoms with Crippen LogP contribution in [0.2, 0.25) is 0 Å². The molecule has 0 N–H and O–H groups in total. The molecule has 2 aromatic carbocycles. The topological polar surface area (TPSA) is 165 Å². The van der Waals surface area contributed by atoms with E-state index in [0.717, 1.165) is 6.07 Å². The molecule has 0 unspecified atom stereocenters. The van der Waals surface area contributed by atoms with Gasteiger partial charge in [0, 0.05) is 17.2 Å². The van der Waals surface area contributed by atoms with E-state index in [9.17, 15) is 24.1 Å². The zero-order chi connectivity index (χ0) is 20.9. The highest BCUT2D eigenvalue weighted by Gasteiger charge is 2.26. The SMILES string of the molecule is O=S(=O)([O-])F.O=[N+]([O-])c1ccc(-[n+]2ccnn2-c2ccccc2)c([N+](=O)[O-])c1. The number of nitro benzene ring substituents is 2. The minimum absolute atomic E-state index is 0.182. The maximum absolute atomic E-state index is 11.3. The zero-order valence-electron chi connectivity index (χ0n) is 13.7. The lowest BCUT2D eigenvalue weighted by Gasteiger charge is -2.03. The van der Waals surface area contributed by atoms with E-state index in [4.69, 9.17) is 13.0 Å². The minimum atomic E-state index is -5.42. The summed E-state index contributed by atoms with van der Waals surface area (Å²) in [7, 11) is -5.42. The lowest BCUT2D eigenvalue weighted by Crippen LogP contribution is -2.40. The molecular formula is C14H10FN5O7S. The number of nitrogens with zero attached hydrogens (tertiary/aromatic N) is 5. The average molecular weight is 411 g/mol. The van der Waals surface area contributed by atoms with Gasteiger partial charge in [0.05, 0.1) is 15.9 Å². The third-order valence-corrected chi connectivity index (χ3v) is 3.19. The van der Waals surface area contributed by atoms with Crippen molar-refractivity contribution in [3.05, 3.63) is 81.2 Å². The smallest absolute Gasteiger partial charge is 0.324 e. The normalized spacial score (nSPS) is 10.6. The molecule has 3 aromatic rings. The zero-order valence-corrected chi connectivity index (χ0v) is 14.5. The van der Waals surface area contributed by atoms with Crippen LogP contribution in [-0.2, 0) is 10.5 Å². The van der Waals surface area contributed by atoms with Gasteiger partial charge in [-0.15, -0.1) is 8.57 Å². The summed E-state index contributed by atoms with van der Waals surface area (Å²) in [5, 5.41) is 26.2. The van der Waals surface area contributed by atoms with Gasteiger partial charge in [0.1, 0.15) is 5.69 Å². The molecule has 3 rings (SSSR count). The lowest BCUT2D eigenvalue weighted by molar-refractivity contribution is -0.682. The summed E-state index contributed by atoms with van der Waals surface area (Å²) in [5.74, 6) is 0. The van der Waals surface area contributed by atoms with E-state index in [-0.39, 0.29) is 17.1 Å². The Balaban J connectivity index is 0.000000500. The van der Waals surface area contributed by atoms with Crippen LogP contribution in [0.1, 0.15) is 0 Å². The fourth-order valence-corrected chi connectivity index (χ4v) is 2.17. The number of para-hydroxylation sites is 1. The Labute approximate surface area is 156 Å². The van der Waals surface area contributed by atoms with Gasteiger partial charge in [-0.3, -0.25) is 20.2 Å². The predicted octanol–water partition coefficient (Wildman–Crippen LogP) is 1.38. The van der Waals surface area contributed by atoms with E-state index in [1.807, 2.05) is 18.2 Å². The van der Waals surface area contributed by atoms with Crippen molar-refractivity contribution in [2.45, 2.75) is 0 Å². The average Bonchev–Trinajstić information content (AvgIpc) is 3.10. The molecule has 0 fully saturated rings. The highest BCUT2D eigenvalue weighted by Crippen LogP contribution is 2.24. The molecule has 0 saturated carbocycles. The molecule has 1 aromatic heterocycles. The fourth-order valence-electron chi connectivity index (χ4n) is 2.17. The summed E-state index contributed by atoms with van der Waals surface area (Å²) in [6, 6.07) is 12.5. The maximum Gasteiger partial charge on any atom is 0.324 e. The highest BCUT2D eigenvalue weighted by atomic mass is 32.3. The molecule has 0 spiro atoms. The van der Waals surface area contributed by atoms with Crippen molar-refractivity contribution in [1.82, 2.24) is 9.90 Å². The molecule has 12 nitrogen and oxygen atoms in total. The first kappa shape index (κ1) is 20.5. The third kappa shape index (κ3) is 5.36. The summed E-state index contributed by atoms with van der Waals surface area (Å²) in [4.78, 5) is 22.2. The van der Waals surface area contributed by atoms with E-state index < -0.39 is 20.4 Å². The van der Waals surface area contributed by atoms with Gasteiger partial charge in [0.2, 0.25) is 11.9 Å². The number of non-ortho nitro benzene ring substituents is 1. The first-order valence-corrected chi connectivity index (χ1v) is 8.49. The number of halogens is 1. The van der Waals surface area contributed by atoms with E-state index >= 15 is 0 Å². The Morgan fingerprint density at radius 2 is 1.64 bits per heavy atom. The van der Waals surface area contributed by atoms with Crippen molar-refractivity contribution in [3.63, 3.8) is 0 Å². The highest BCUT2D eigenvalue weighted by molar-refractivity contribution is 7.80. The molecule has 0 atom stereocenters. The fraction of sp³-hybridized carbons (Fsp3) is 0. The second-order valence-electron chi connectivity index (χ2n) is 4.96. The first-order chi connectivity index (χ1) is 13.1. The van der Waals surface area contributed by atoms with Gasteiger partial charge in [-0.2, -0.15) is 0 Å². The quantitative estimate of drug-likeness (QED) is 0.204. The first-order valence-electron chi connectivity index (χ1n) is 7.18. The van der Waals surface area contributed by atoms with Crippen LogP contribution in [0.25, 0.3) is 11.4 Å². The second-order valence-corrected chi connectivity index (χ2v) is 5.75.